The molecule has 1 aromatic carbocycles. The molecule has 2 aliphatic heterocycles. The smallest absolute Gasteiger partial charge is 0.227 e. The molecule has 2 atom stereocenters. The minimum Gasteiger partial charge on any atom is -0.493 e. The Hall–Kier alpha value is -1.75. The van der Waals surface area contributed by atoms with E-state index in [-0.39, 0.29) is 5.91 Å². The van der Waals surface area contributed by atoms with E-state index < -0.39 is 0 Å². The molecule has 0 radical (unpaired) electrons. The third kappa shape index (κ3) is 3.76. The van der Waals surface area contributed by atoms with Crippen molar-refractivity contribution in [2.24, 2.45) is 0 Å². The fourth-order valence-electron chi connectivity index (χ4n) is 4.45. The maximum atomic E-state index is 13.0. The van der Waals surface area contributed by atoms with Crippen LogP contribution in [-0.2, 0) is 11.2 Å². The maximum absolute atomic E-state index is 13.0. The molecule has 0 unspecified atom stereocenters. The fourth-order valence-corrected chi connectivity index (χ4v) is 4.45. The number of methoxy groups -OCH3 is 2. The molecule has 3 rings (SSSR count). The van der Waals surface area contributed by atoms with Crippen LogP contribution in [-0.4, -0.2) is 61.6 Å². The standard InChI is InChI=1S/C20H30N2O3/c1-4-21-11-5-7-16(21)17-8-6-12-22(17)20(23)14-15-9-10-18(24-2)19(13-15)25-3/h9-10,13,16-17H,4-8,11-12,14H2,1-3H3/t16-,17-/m0/s1. The molecule has 0 saturated carbocycles. The highest BCUT2D eigenvalue weighted by Gasteiger charge is 2.38. The highest BCUT2D eigenvalue weighted by molar-refractivity contribution is 5.79. The molecular formula is C20H30N2O3. The van der Waals surface area contributed by atoms with Crippen LogP contribution in [0.3, 0.4) is 0 Å². The first-order valence-corrected chi connectivity index (χ1v) is 9.42. The van der Waals surface area contributed by atoms with E-state index in [0.29, 0.717) is 30.0 Å². The van der Waals surface area contributed by atoms with Crippen molar-refractivity contribution in [1.82, 2.24) is 9.80 Å². The molecule has 2 saturated heterocycles. The van der Waals surface area contributed by atoms with E-state index in [4.69, 9.17) is 9.47 Å². The minimum atomic E-state index is 0.234. The van der Waals surface area contributed by atoms with Crippen molar-refractivity contribution in [2.75, 3.05) is 33.9 Å². The van der Waals surface area contributed by atoms with E-state index >= 15 is 0 Å². The normalized spacial score (nSPS) is 23.9. The van der Waals surface area contributed by atoms with Crippen molar-refractivity contribution in [3.63, 3.8) is 0 Å². The predicted molar refractivity (Wildman–Crippen MR) is 98.3 cm³/mol. The van der Waals surface area contributed by atoms with Crippen LogP contribution in [0.2, 0.25) is 0 Å². The number of likely N-dealkylation sites (tertiary alicyclic amines) is 2. The van der Waals surface area contributed by atoms with Crippen LogP contribution in [0.5, 0.6) is 11.5 Å². The fraction of sp³-hybridized carbons (Fsp3) is 0.650. The van der Waals surface area contributed by atoms with Gasteiger partial charge in [0, 0.05) is 18.6 Å². The van der Waals surface area contributed by atoms with Crippen molar-refractivity contribution >= 4 is 5.91 Å². The lowest BCUT2D eigenvalue weighted by atomic mass is 10.0. The summed E-state index contributed by atoms with van der Waals surface area (Å²) in [6.45, 7) is 5.38. The van der Waals surface area contributed by atoms with Gasteiger partial charge in [-0.2, -0.15) is 0 Å². The van der Waals surface area contributed by atoms with Gasteiger partial charge < -0.3 is 14.4 Å². The van der Waals surface area contributed by atoms with Crippen molar-refractivity contribution in [1.29, 1.82) is 0 Å². The molecule has 0 aliphatic carbocycles. The van der Waals surface area contributed by atoms with Gasteiger partial charge in [0.2, 0.25) is 5.91 Å². The number of rotatable bonds is 6. The Bertz CT molecular complexity index is 605. The first kappa shape index (κ1) is 18.1. The van der Waals surface area contributed by atoms with E-state index in [0.717, 1.165) is 31.5 Å². The molecule has 0 aromatic heterocycles. The molecule has 25 heavy (non-hydrogen) atoms. The highest BCUT2D eigenvalue weighted by atomic mass is 16.5. The van der Waals surface area contributed by atoms with Crippen molar-refractivity contribution in [2.45, 2.75) is 51.1 Å². The summed E-state index contributed by atoms with van der Waals surface area (Å²) < 4.78 is 10.6. The van der Waals surface area contributed by atoms with Gasteiger partial charge in [-0.1, -0.05) is 13.0 Å². The number of hydrogen-bond acceptors (Lipinski definition) is 4. The molecule has 2 aliphatic rings. The molecule has 0 N–H and O–H groups in total. The molecular weight excluding hydrogens is 316 g/mol. The van der Waals surface area contributed by atoms with Crippen LogP contribution in [0.1, 0.15) is 38.2 Å². The van der Waals surface area contributed by atoms with Crippen molar-refractivity contribution in [3.05, 3.63) is 23.8 Å². The quantitative estimate of drug-likeness (QED) is 0.794. The third-order valence-electron chi connectivity index (χ3n) is 5.69. The molecule has 1 amide bonds. The average molecular weight is 346 g/mol. The maximum Gasteiger partial charge on any atom is 0.227 e. The zero-order valence-electron chi connectivity index (χ0n) is 15.7. The van der Waals surface area contributed by atoms with E-state index in [9.17, 15) is 4.79 Å². The van der Waals surface area contributed by atoms with Gasteiger partial charge in [0.15, 0.2) is 11.5 Å². The van der Waals surface area contributed by atoms with Crippen LogP contribution in [0.4, 0.5) is 0 Å². The van der Waals surface area contributed by atoms with E-state index in [1.807, 2.05) is 18.2 Å². The second kappa shape index (κ2) is 8.09. The van der Waals surface area contributed by atoms with Crippen LogP contribution < -0.4 is 9.47 Å². The topological polar surface area (TPSA) is 42.0 Å². The predicted octanol–water partition coefficient (Wildman–Crippen LogP) is 2.72. The molecule has 0 spiro atoms. The number of hydrogen-bond donors (Lipinski definition) is 0. The summed E-state index contributed by atoms with van der Waals surface area (Å²) in [5.74, 6) is 1.61. The number of ether oxygens (including phenoxy) is 2. The Morgan fingerprint density at radius 1 is 1.08 bits per heavy atom. The molecule has 5 heteroatoms. The van der Waals surface area contributed by atoms with Crippen LogP contribution >= 0.6 is 0 Å². The molecule has 5 nitrogen and oxygen atoms in total. The van der Waals surface area contributed by atoms with Gasteiger partial charge in [-0.05, 0) is 56.5 Å². The second-order valence-electron chi connectivity index (χ2n) is 7.00. The number of nitrogens with zero attached hydrogens (tertiary/aromatic N) is 2. The zero-order chi connectivity index (χ0) is 17.8. The Kier molecular flexibility index (Phi) is 5.84. The number of amides is 1. The monoisotopic (exact) mass is 346 g/mol. The Morgan fingerprint density at radius 3 is 2.52 bits per heavy atom. The second-order valence-corrected chi connectivity index (χ2v) is 7.00. The van der Waals surface area contributed by atoms with Gasteiger partial charge in [0.05, 0.1) is 20.6 Å². The highest BCUT2D eigenvalue weighted by Crippen LogP contribution is 2.31. The molecule has 138 valence electrons. The van der Waals surface area contributed by atoms with E-state index in [2.05, 4.69) is 16.7 Å². The lowest BCUT2D eigenvalue weighted by molar-refractivity contribution is -0.132. The van der Waals surface area contributed by atoms with Gasteiger partial charge in [-0.15, -0.1) is 0 Å². The lowest BCUT2D eigenvalue weighted by Gasteiger charge is -2.34. The average Bonchev–Trinajstić information content (AvgIpc) is 3.29. The Labute approximate surface area is 150 Å². The SMILES string of the molecule is CCN1CCC[C@H]1[C@@H]1CCCN1C(=O)Cc1ccc(OC)c(OC)c1. The van der Waals surface area contributed by atoms with Gasteiger partial charge in [-0.25, -0.2) is 0 Å². The summed E-state index contributed by atoms with van der Waals surface area (Å²) in [4.78, 5) is 17.6. The van der Waals surface area contributed by atoms with Crippen molar-refractivity contribution < 1.29 is 14.3 Å². The largest absolute Gasteiger partial charge is 0.493 e. The molecule has 0 bridgehead atoms. The summed E-state index contributed by atoms with van der Waals surface area (Å²) in [5, 5.41) is 0. The number of carbonyl (C=O) groups excluding carboxylic acids is 1. The van der Waals surface area contributed by atoms with Gasteiger partial charge in [0.1, 0.15) is 0 Å². The summed E-state index contributed by atoms with van der Waals surface area (Å²) >= 11 is 0. The Morgan fingerprint density at radius 2 is 1.80 bits per heavy atom. The van der Waals surface area contributed by atoms with Gasteiger partial charge in [-0.3, -0.25) is 9.69 Å². The molecule has 2 heterocycles. The Balaban J connectivity index is 1.70. The third-order valence-corrected chi connectivity index (χ3v) is 5.69. The minimum absolute atomic E-state index is 0.234. The van der Waals surface area contributed by atoms with Gasteiger partial charge in [0.25, 0.3) is 0 Å². The van der Waals surface area contributed by atoms with Crippen molar-refractivity contribution in [3.8, 4) is 11.5 Å². The summed E-state index contributed by atoms with van der Waals surface area (Å²) in [6.07, 6.45) is 5.16. The first-order valence-electron chi connectivity index (χ1n) is 9.42. The van der Waals surface area contributed by atoms with Gasteiger partial charge >= 0.3 is 0 Å². The first-order chi connectivity index (χ1) is 12.2. The zero-order valence-corrected chi connectivity index (χ0v) is 15.7. The number of likely N-dealkylation sites (N-methyl/N-ethyl adjacent to an activating group) is 1. The van der Waals surface area contributed by atoms with Crippen LogP contribution in [0.25, 0.3) is 0 Å². The summed E-state index contributed by atoms with van der Waals surface area (Å²) in [5.41, 5.74) is 0.979. The van der Waals surface area contributed by atoms with E-state index in [1.54, 1.807) is 14.2 Å². The lowest BCUT2D eigenvalue weighted by Crippen LogP contribution is -2.48. The van der Waals surface area contributed by atoms with Crippen LogP contribution in [0.15, 0.2) is 18.2 Å². The number of benzene rings is 1. The summed E-state index contributed by atoms with van der Waals surface area (Å²) in [7, 11) is 3.25. The molecule has 1 aromatic rings. The number of carbonyl (C=O) groups is 1. The molecule has 2 fully saturated rings. The summed E-state index contributed by atoms with van der Waals surface area (Å²) in [6, 6.07) is 6.67. The van der Waals surface area contributed by atoms with E-state index in [1.165, 1.54) is 19.4 Å². The van der Waals surface area contributed by atoms with Crippen LogP contribution in [0, 0.1) is 0 Å².